The first-order chi connectivity index (χ1) is 6.99. The van der Waals surface area contributed by atoms with Crippen LogP contribution in [0.2, 0.25) is 0 Å². The number of hydrogen-bond acceptors (Lipinski definition) is 3. The monoisotopic (exact) mass is 216 g/mol. The van der Waals surface area contributed by atoms with Crippen molar-refractivity contribution in [2.75, 3.05) is 6.61 Å². The molecule has 0 aromatic rings. The Kier molecular flexibility index (Phi) is 6.52. The minimum atomic E-state index is -0.431. The Hall–Kier alpha value is -0.610. The standard InChI is InChI=1S/C11H24N2O2/c1-4-6-9(12)10(15)13-11(3,5-2)7-8-14/h9,14H,4-8,12H2,1-3H3,(H,13,15)/t9-,11?/m1/s1. The Morgan fingerprint density at radius 3 is 2.53 bits per heavy atom. The maximum absolute atomic E-state index is 11.7. The average Bonchev–Trinajstić information content (AvgIpc) is 2.18. The third-order valence-electron chi connectivity index (χ3n) is 2.81. The topological polar surface area (TPSA) is 75.4 Å². The summed E-state index contributed by atoms with van der Waals surface area (Å²) in [6, 6.07) is -0.431. The minimum Gasteiger partial charge on any atom is -0.396 e. The second-order valence-corrected chi connectivity index (χ2v) is 4.27. The molecule has 4 N–H and O–H groups in total. The molecule has 1 unspecified atom stereocenters. The van der Waals surface area contributed by atoms with E-state index in [1.54, 1.807) is 0 Å². The molecule has 0 saturated carbocycles. The van der Waals surface area contributed by atoms with Crippen molar-refractivity contribution >= 4 is 5.91 Å². The molecule has 90 valence electrons. The van der Waals surface area contributed by atoms with Crippen molar-refractivity contribution in [3.63, 3.8) is 0 Å². The van der Waals surface area contributed by atoms with Gasteiger partial charge in [0.1, 0.15) is 0 Å². The number of amides is 1. The molecular weight excluding hydrogens is 192 g/mol. The van der Waals surface area contributed by atoms with Gasteiger partial charge in [0.05, 0.1) is 6.04 Å². The number of rotatable bonds is 7. The summed E-state index contributed by atoms with van der Waals surface area (Å²) in [4.78, 5) is 11.7. The van der Waals surface area contributed by atoms with Crippen LogP contribution in [0.5, 0.6) is 0 Å². The molecule has 4 heteroatoms. The van der Waals surface area contributed by atoms with E-state index in [1.165, 1.54) is 0 Å². The van der Waals surface area contributed by atoms with E-state index >= 15 is 0 Å². The van der Waals surface area contributed by atoms with E-state index < -0.39 is 6.04 Å². The van der Waals surface area contributed by atoms with Crippen LogP contribution in [0.4, 0.5) is 0 Å². The van der Waals surface area contributed by atoms with Gasteiger partial charge in [0, 0.05) is 12.1 Å². The van der Waals surface area contributed by atoms with Crippen molar-refractivity contribution < 1.29 is 9.90 Å². The molecule has 2 atom stereocenters. The number of nitrogens with one attached hydrogen (secondary N) is 1. The van der Waals surface area contributed by atoms with Crippen LogP contribution in [0.3, 0.4) is 0 Å². The molecule has 0 aromatic heterocycles. The van der Waals surface area contributed by atoms with E-state index in [9.17, 15) is 4.79 Å². The highest BCUT2D eigenvalue weighted by Crippen LogP contribution is 2.14. The fraction of sp³-hybridized carbons (Fsp3) is 0.909. The number of aliphatic hydroxyl groups is 1. The number of nitrogens with two attached hydrogens (primary N) is 1. The first-order valence-corrected chi connectivity index (χ1v) is 5.67. The summed E-state index contributed by atoms with van der Waals surface area (Å²) in [6.07, 6.45) is 2.95. The molecule has 0 rings (SSSR count). The lowest BCUT2D eigenvalue weighted by atomic mass is 9.94. The van der Waals surface area contributed by atoms with Crippen LogP contribution in [-0.4, -0.2) is 29.2 Å². The lowest BCUT2D eigenvalue weighted by Gasteiger charge is -2.30. The molecule has 0 heterocycles. The summed E-state index contributed by atoms with van der Waals surface area (Å²) in [5, 5.41) is 11.8. The summed E-state index contributed by atoms with van der Waals surface area (Å²) in [5.41, 5.74) is 5.38. The van der Waals surface area contributed by atoms with Crippen LogP contribution in [0.25, 0.3) is 0 Å². The summed E-state index contributed by atoms with van der Waals surface area (Å²) in [6.45, 7) is 5.99. The molecule has 1 amide bonds. The Labute approximate surface area is 92.2 Å². The highest BCUT2D eigenvalue weighted by atomic mass is 16.3. The van der Waals surface area contributed by atoms with Gasteiger partial charge in [0.2, 0.25) is 5.91 Å². The largest absolute Gasteiger partial charge is 0.396 e. The van der Waals surface area contributed by atoms with E-state index in [0.29, 0.717) is 12.8 Å². The summed E-state index contributed by atoms with van der Waals surface area (Å²) >= 11 is 0. The normalized spacial score (nSPS) is 16.9. The molecule has 15 heavy (non-hydrogen) atoms. The maximum Gasteiger partial charge on any atom is 0.237 e. The zero-order valence-corrected chi connectivity index (χ0v) is 10.0. The van der Waals surface area contributed by atoms with Crippen molar-refractivity contribution in [3.8, 4) is 0 Å². The fourth-order valence-electron chi connectivity index (χ4n) is 1.41. The molecule has 0 radical (unpaired) electrons. The zero-order valence-electron chi connectivity index (χ0n) is 10.0. The van der Waals surface area contributed by atoms with Gasteiger partial charge in [-0.2, -0.15) is 0 Å². The second kappa shape index (κ2) is 6.80. The molecule has 4 nitrogen and oxygen atoms in total. The van der Waals surface area contributed by atoms with Crippen LogP contribution >= 0.6 is 0 Å². The zero-order chi connectivity index (χ0) is 11.9. The third kappa shape index (κ3) is 5.14. The average molecular weight is 216 g/mol. The molecule has 0 aliphatic rings. The third-order valence-corrected chi connectivity index (χ3v) is 2.81. The van der Waals surface area contributed by atoms with Crippen LogP contribution in [0.15, 0.2) is 0 Å². The van der Waals surface area contributed by atoms with E-state index in [4.69, 9.17) is 10.8 Å². The van der Waals surface area contributed by atoms with E-state index in [2.05, 4.69) is 5.32 Å². The highest BCUT2D eigenvalue weighted by Gasteiger charge is 2.25. The molecule has 0 bridgehead atoms. The van der Waals surface area contributed by atoms with Crippen LogP contribution < -0.4 is 11.1 Å². The van der Waals surface area contributed by atoms with E-state index in [-0.39, 0.29) is 18.1 Å². The van der Waals surface area contributed by atoms with Gasteiger partial charge in [-0.25, -0.2) is 0 Å². The molecule has 0 aliphatic heterocycles. The smallest absolute Gasteiger partial charge is 0.237 e. The van der Waals surface area contributed by atoms with Crippen molar-refractivity contribution in [2.45, 2.75) is 58.0 Å². The summed E-state index contributed by atoms with van der Waals surface area (Å²) in [5.74, 6) is -0.116. The number of hydrogen-bond donors (Lipinski definition) is 3. The fourth-order valence-corrected chi connectivity index (χ4v) is 1.41. The lowest BCUT2D eigenvalue weighted by molar-refractivity contribution is -0.124. The molecular formula is C11H24N2O2. The van der Waals surface area contributed by atoms with Crippen molar-refractivity contribution in [1.82, 2.24) is 5.32 Å². The molecule has 0 aromatic carbocycles. The van der Waals surface area contributed by atoms with Crippen molar-refractivity contribution in [3.05, 3.63) is 0 Å². The first-order valence-electron chi connectivity index (χ1n) is 5.67. The van der Waals surface area contributed by atoms with Crippen LogP contribution in [-0.2, 0) is 4.79 Å². The lowest BCUT2D eigenvalue weighted by Crippen LogP contribution is -2.52. The molecule has 0 saturated heterocycles. The number of carbonyl (C=O) groups excluding carboxylic acids is 1. The van der Waals surface area contributed by atoms with Gasteiger partial charge in [0.15, 0.2) is 0 Å². The van der Waals surface area contributed by atoms with Gasteiger partial charge < -0.3 is 16.2 Å². The summed E-state index contributed by atoms with van der Waals surface area (Å²) in [7, 11) is 0. The highest BCUT2D eigenvalue weighted by molar-refractivity contribution is 5.82. The van der Waals surface area contributed by atoms with E-state index in [0.717, 1.165) is 12.8 Å². The molecule has 0 fully saturated rings. The Bertz CT molecular complexity index is 197. The number of carbonyl (C=O) groups is 1. The van der Waals surface area contributed by atoms with Gasteiger partial charge in [0.25, 0.3) is 0 Å². The number of aliphatic hydroxyl groups excluding tert-OH is 1. The first kappa shape index (κ1) is 14.4. The predicted molar refractivity (Wildman–Crippen MR) is 61.4 cm³/mol. The van der Waals surface area contributed by atoms with Crippen molar-refractivity contribution in [2.24, 2.45) is 5.73 Å². The van der Waals surface area contributed by atoms with E-state index in [1.807, 2.05) is 20.8 Å². The molecule has 0 spiro atoms. The van der Waals surface area contributed by atoms with Crippen molar-refractivity contribution in [1.29, 1.82) is 0 Å². The second-order valence-electron chi connectivity index (χ2n) is 4.27. The Morgan fingerprint density at radius 1 is 1.53 bits per heavy atom. The quantitative estimate of drug-likeness (QED) is 0.588. The van der Waals surface area contributed by atoms with Gasteiger partial charge >= 0.3 is 0 Å². The summed E-state index contributed by atoms with van der Waals surface area (Å²) < 4.78 is 0. The van der Waals surface area contributed by atoms with Gasteiger partial charge in [-0.05, 0) is 26.2 Å². The van der Waals surface area contributed by atoms with Gasteiger partial charge in [-0.15, -0.1) is 0 Å². The van der Waals surface area contributed by atoms with Crippen LogP contribution in [0, 0.1) is 0 Å². The SMILES string of the molecule is CCC[C@@H](N)C(=O)NC(C)(CC)CCO. The van der Waals surface area contributed by atoms with Gasteiger partial charge in [-0.1, -0.05) is 20.3 Å². The predicted octanol–water partition coefficient (Wildman–Crippen LogP) is 0.781. The molecule has 0 aliphatic carbocycles. The Balaban J connectivity index is 4.22. The van der Waals surface area contributed by atoms with Crippen LogP contribution in [0.1, 0.15) is 46.5 Å². The Morgan fingerprint density at radius 2 is 2.13 bits per heavy atom. The van der Waals surface area contributed by atoms with Gasteiger partial charge in [-0.3, -0.25) is 4.79 Å². The minimum absolute atomic E-state index is 0.0770. The maximum atomic E-state index is 11.7.